The van der Waals surface area contributed by atoms with Crippen molar-refractivity contribution < 1.29 is 9.59 Å². The molecule has 3 aromatic rings. The van der Waals surface area contributed by atoms with Gasteiger partial charge in [-0.15, -0.1) is 0 Å². The fraction of sp³-hybridized carbons (Fsp3) is 0.286. The highest BCUT2D eigenvalue weighted by Crippen LogP contribution is 2.26. The highest BCUT2D eigenvalue weighted by Gasteiger charge is 2.27. The Morgan fingerprint density at radius 1 is 1.07 bits per heavy atom. The van der Waals surface area contributed by atoms with Crippen LogP contribution < -0.4 is 5.32 Å². The van der Waals surface area contributed by atoms with Crippen molar-refractivity contribution in [2.45, 2.75) is 25.8 Å². The minimum atomic E-state index is -0.153. The van der Waals surface area contributed by atoms with Gasteiger partial charge in [-0.3, -0.25) is 14.6 Å². The van der Waals surface area contributed by atoms with Gasteiger partial charge in [0.05, 0.1) is 18.4 Å². The average Bonchev–Trinajstić information content (AvgIpc) is 3.22. The van der Waals surface area contributed by atoms with Crippen molar-refractivity contribution >= 4 is 17.6 Å². The lowest BCUT2D eigenvalue weighted by Crippen LogP contribution is -2.39. The number of nitrogens with zero attached hydrogens (tertiary/aromatic N) is 5. The SMILES string of the molecule is Cc1ccccc1C(=O)Nc1ccnn1C1CCN(C(=O)c2cnccn2)CC1. The predicted molar refractivity (Wildman–Crippen MR) is 108 cm³/mol. The number of nitrogens with one attached hydrogen (secondary N) is 1. The molecule has 0 spiro atoms. The molecule has 1 fully saturated rings. The number of aromatic nitrogens is 4. The molecule has 0 bridgehead atoms. The van der Waals surface area contributed by atoms with Gasteiger partial charge in [-0.1, -0.05) is 18.2 Å². The number of carbonyl (C=O) groups is 2. The predicted octanol–water partition coefficient (Wildman–Crippen LogP) is 2.71. The summed E-state index contributed by atoms with van der Waals surface area (Å²) >= 11 is 0. The van der Waals surface area contributed by atoms with Crippen LogP contribution in [0.25, 0.3) is 0 Å². The molecule has 1 saturated heterocycles. The molecule has 3 heterocycles. The zero-order valence-electron chi connectivity index (χ0n) is 16.2. The number of aryl methyl sites for hydroxylation is 1. The molecular weight excluding hydrogens is 368 g/mol. The second-order valence-electron chi connectivity index (χ2n) is 7.04. The van der Waals surface area contributed by atoms with Crippen LogP contribution in [0.1, 0.15) is 45.3 Å². The van der Waals surface area contributed by atoms with Crippen molar-refractivity contribution in [1.29, 1.82) is 0 Å². The van der Waals surface area contributed by atoms with Crippen molar-refractivity contribution in [3.8, 4) is 0 Å². The summed E-state index contributed by atoms with van der Waals surface area (Å²) < 4.78 is 1.85. The van der Waals surface area contributed by atoms with E-state index in [1.807, 2.05) is 35.9 Å². The summed E-state index contributed by atoms with van der Waals surface area (Å²) in [5.41, 5.74) is 1.92. The van der Waals surface area contributed by atoms with Gasteiger partial charge in [-0.05, 0) is 31.4 Å². The first-order valence-electron chi connectivity index (χ1n) is 9.59. The van der Waals surface area contributed by atoms with Crippen molar-refractivity contribution in [3.63, 3.8) is 0 Å². The molecule has 8 nitrogen and oxygen atoms in total. The molecule has 8 heteroatoms. The van der Waals surface area contributed by atoms with E-state index in [1.54, 1.807) is 23.4 Å². The van der Waals surface area contributed by atoms with Crippen LogP contribution in [-0.4, -0.2) is 49.6 Å². The third kappa shape index (κ3) is 4.01. The fourth-order valence-corrected chi connectivity index (χ4v) is 3.60. The molecule has 0 atom stereocenters. The fourth-order valence-electron chi connectivity index (χ4n) is 3.60. The Hall–Kier alpha value is -3.55. The summed E-state index contributed by atoms with van der Waals surface area (Å²) in [4.78, 5) is 35.0. The molecule has 0 saturated carbocycles. The summed E-state index contributed by atoms with van der Waals surface area (Å²) in [5, 5.41) is 7.38. The third-order valence-electron chi connectivity index (χ3n) is 5.18. The number of benzene rings is 1. The largest absolute Gasteiger partial charge is 0.337 e. The molecule has 29 heavy (non-hydrogen) atoms. The number of likely N-dealkylation sites (tertiary alicyclic amines) is 1. The summed E-state index contributed by atoms with van der Waals surface area (Å²) in [7, 11) is 0. The summed E-state index contributed by atoms with van der Waals surface area (Å²) in [6.07, 6.45) is 7.74. The van der Waals surface area contributed by atoms with Crippen LogP contribution in [0.3, 0.4) is 0 Å². The molecule has 2 aromatic heterocycles. The second-order valence-corrected chi connectivity index (χ2v) is 7.04. The smallest absolute Gasteiger partial charge is 0.274 e. The lowest BCUT2D eigenvalue weighted by atomic mass is 10.0. The van der Waals surface area contributed by atoms with E-state index in [9.17, 15) is 9.59 Å². The molecule has 2 amide bonds. The minimum absolute atomic E-state index is 0.106. The maximum atomic E-state index is 12.6. The first-order chi connectivity index (χ1) is 14.1. The van der Waals surface area contributed by atoms with E-state index in [4.69, 9.17) is 0 Å². The van der Waals surface area contributed by atoms with E-state index in [1.165, 1.54) is 12.4 Å². The van der Waals surface area contributed by atoms with E-state index in [2.05, 4.69) is 20.4 Å². The van der Waals surface area contributed by atoms with Crippen LogP contribution >= 0.6 is 0 Å². The molecular formula is C21H22N6O2. The molecule has 0 aliphatic carbocycles. The van der Waals surface area contributed by atoms with Crippen LogP contribution in [0.15, 0.2) is 55.1 Å². The topological polar surface area (TPSA) is 93.0 Å². The summed E-state index contributed by atoms with van der Waals surface area (Å²) in [5.74, 6) is 0.405. The van der Waals surface area contributed by atoms with Gasteiger partial charge in [-0.25, -0.2) is 9.67 Å². The van der Waals surface area contributed by atoms with Crippen LogP contribution in [0, 0.1) is 6.92 Å². The van der Waals surface area contributed by atoms with E-state index in [0.717, 1.165) is 18.4 Å². The lowest BCUT2D eigenvalue weighted by molar-refractivity contribution is 0.0684. The van der Waals surface area contributed by atoms with E-state index < -0.39 is 0 Å². The van der Waals surface area contributed by atoms with Crippen LogP contribution in [0.5, 0.6) is 0 Å². The van der Waals surface area contributed by atoms with Gasteiger partial charge in [0, 0.05) is 37.1 Å². The van der Waals surface area contributed by atoms with E-state index >= 15 is 0 Å². The normalized spacial score (nSPS) is 14.6. The molecule has 0 radical (unpaired) electrons. The molecule has 4 rings (SSSR count). The van der Waals surface area contributed by atoms with Crippen molar-refractivity contribution in [2.24, 2.45) is 0 Å². The van der Waals surface area contributed by atoms with Gasteiger partial charge in [0.2, 0.25) is 0 Å². The molecule has 1 aliphatic rings. The van der Waals surface area contributed by atoms with Crippen molar-refractivity contribution in [1.82, 2.24) is 24.6 Å². The zero-order valence-corrected chi connectivity index (χ0v) is 16.2. The Kier molecular flexibility index (Phi) is 5.33. The zero-order chi connectivity index (χ0) is 20.2. The molecule has 0 unspecified atom stereocenters. The molecule has 1 aliphatic heterocycles. The van der Waals surface area contributed by atoms with Gasteiger partial charge in [0.25, 0.3) is 11.8 Å². The molecule has 148 valence electrons. The van der Waals surface area contributed by atoms with Crippen molar-refractivity contribution in [3.05, 3.63) is 71.9 Å². The Balaban J connectivity index is 1.41. The minimum Gasteiger partial charge on any atom is -0.337 e. The van der Waals surface area contributed by atoms with E-state index in [0.29, 0.717) is 30.2 Å². The van der Waals surface area contributed by atoms with Gasteiger partial charge < -0.3 is 10.2 Å². The van der Waals surface area contributed by atoms with Gasteiger partial charge in [0.1, 0.15) is 11.5 Å². The van der Waals surface area contributed by atoms with Gasteiger partial charge in [-0.2, -0.15) is 5.10 Å². The van der Waals surface area contributed by atoms with Crippen LogP contribution in [0.4, 0.5) is 5.82 Å². The molecule has 1 aromatic carbocycles. The molecule has 1 N–H and O–H groups in total. The number of amides is 2. The maximum Gasteiger partial charge on any atom is 0.274 e. The quantitative estimate of drug-likeness (QED) is 0.739. The van der Waals surface area contributed by atoms with E-state index in [-0.39, 0.29) is 17.9 Å². The first kappa shape index (κ1) is 18.8. The van der Waals surface area contributed by atoms with Gasteiger partial charge >= 0.3 is 0 Å². The van der Waals surface area contributed by atoms with Crippen molar-refractivity contribution in [2.75, 3.05) is 18.4 Å². The summed E-state index contributed by atoms with van der Waals surface area (Å²) in [6, 6.07) is 9.39. The Morgan fingerprint density at radius 2 is 1.86 bits per heavy atom. The number of hydrogen-bond acceptors (Lipinski definition) is 5. The number of anilines is 1. The highest BCUT2D eigenvalue weighted by molar-refractivity contribution is 6.04. The third-order valence-corrected chi connectivity index (χ3v) is 5.18. The first-order valence-corrected chi connectivity index (χ1v) is 9.59. The number of piperidine rings is 1. The average molecular weight is 390 g/mol. The lowest BCUT2D eigenvalue weighted by Gasteiger charge is -2.32. The Morgan fingerprint density at radius 3 is 2.59 bits per heavy atom. The monoisotopic (exact) mass is 390 g/mol. The number of carbonyl (C=O) groups excluding carboxylic acids is 2. The van der Waals surface area contributed by atoms with Crippen LogP contribution in [0.2, 0.25) is 0 Å². The number of rotatable bonds is 4. The van der Waals surface area contributed by atoms with Crippen LogP contribution in [-0.2, 0) is 0 Å². The highest BCUT2D eigenvalue weighted by atomic mass is 16.2. The Labute approximate surface area is 168 Å². The number of hydrogen-bond donors (Lipinski definition) is 1. The standard InChI is InChI=1S/C21H22N6O2/c1-15-4-2-3-5-17(15)20(28)25-19-6-9-24-27(19)16-7-12-26(13-8-16)21(29)18-14-22-10-11-23-18/h2-6,9-11,14,16H,7-8,12-13H2,1H3,(H,25,28). The van der Waals surface area contributed by atoms with Gasteiger partial charge in [0.15, 0.2) is 0 Å². The maximum absolute atomic E-state index is 12.6. The summed E-state index contributed by atoms with van der Waals surface area (Å²) in [6.45, 7) is 3.12. The Bertz CT molecular complexity index is 1010. The second kappa shape index (κ2) is 8.22.